The molecule has 1 aliphatic carbocycles. The van der Waals surface area contributed by atoms with Crippen LogP contribution in [-0.2, 0) is 4.79 Å². The molecule has 0 spiro atoms. The maximum absolute atomic E-state index is 14.8. The summed E-state index contributed by atoms with van der Waals surface area (Å²) in [4.78, 5) is 21.5. The SMILES string of the molecule is CCC(=O)N[C@@H](C)c1ccc(OC2CCN(c3ncnc(OCC4CC4)c3F)C2)cc1. The van der Waals surface area contributed by atoms with E-state index in [0.29, 0.717) is 32.0 Å². The number of hydrogen-bond acceptors (Lipinski definition) is 6. The number of benzene rings is 1. The summed E-state index contributed by atoms with van der Waals surface area (Å²) in [6.07, 6.45) is 4.80. The van der Waals surface area contributed by atoms with E-state index in [-0.39, 0.29) is 29.8 Å². The monoisotopic (exact) mass is 428 g/mol. The fraction of sp³-hybridized carbons (Fsp3) is 0.522. The zero-order valence-electron chi connectivity index (χ0n) is 18.0. The summed E-state index contributed by atoms with van der Waals surface area (Å²) in [5.74, 6) is 1.10. The van der Waals surface area contributed by atoms with Crippen LogP contribution in [0.4, 0.5) is 10.2 Å². The minimum atomic E-state index is -0.503. The van der Waals surface area contributed by atoms with Crippen molar-refractivity contribution in [1.82, 2.24) is 15.3 Å². The Morgan fingerprint density at radius 1 is 1.26 bits per heavy atom. The molecule has 1 aliphatic heterocycles. The molecule has 1 saturated carbocycles. The predicted octanol–water partition coefficient (Wildman–Crippen LogP) is 3.65. The van der Waals surface area contributed by atoms with Gasteiger partial charge in [-0.25, -0.2) is 4.98 Å². The first kappa shape index (κ1) is 21.3. The van der Waals surface area contributed by atoms with Gasteiger partial charge in [0.2, 0.25) is 11.7 Å². The highest BCUT2D eigenvalue weighted by molar-refractivity contribution is 5.76. The van der Waals surface area contributed by atoms with Crippen LogP contribution in [0, 0.1) is 11.7 Å². The molecule has 2 aromatic rings. The van der Waals surface area contributed by atoms with Crippen molar-refractivity contribution in [2.24, 2.45) is 5.92 Å². The number of carbonyl (C=O) groups excluding carboxylic acids is 1. The van der Waals surface area contributed by atoms with Gasteiger partial charge in [0.25, 0.3) is 5.88 Å². The molecule has 1 saturated heterocycles. The highest BCUT2D eigenvalue weighted by atomic mass is 19.1. The van der Waals surface area contributed by atoms with Gasteiger partial charge in [-0.15, -0.1) is 0 Å². The van der Waals surface area contributed by atoms with E-state index in [9.17, 15) is 9.18 Å². The van der Waals surface area contributed by atoms with Crippen LogP contribution in [0.15, 0.2) is 30.6 Å². The third-order valence-electron chi connectivity index (χ3n) is 5.72. The summed E-state index contributed by atoms with van der Waals surface area (Å²) in [6, 6.07) is 7.66. The van der Waals surface area contributed by atoms with E-state index in [4.69, 9.17) is 9.47 Å². The number of halogens is 1. The smallest absolute Gasteiger partial charge is 0.255 e. The molecule has 1 amide bonds. The van der Waals surface area contributed by atoms with Crippen molar-refractivity contribution in [2.45, 2.75) is 51.7 Å². The molecule has 1 aromatic carbocycles. The number of aromatic nitrogens is 2. The van der Waals surface area contributed by atoms with Gasteiger partial charge in [-0.3, -0.25) is 4.79 Å². The quantitative estimate of drug-likeness (QED) is 0.657. The van der Waals surface area contributed by atoms with E-state index in [0.717, 1.165) is 30.6 Å². The molecular formula is C23H29FN4O3. The Kier molecular flexibility index (Phi) is 6.53. The highest BCUT2D eigenvalue weighted by Crippen LogP contribution is 2.31. The first-order chi connectivity index (χ1) is 15.0. The second kappa shape index (κ2) is 9.49. The number of rotatable bonds is 9. The Balaban J connectivity index is 1.33. The Hall–Kier alpha value is -2.90. The third-order valence-corrected chi connectivity index (χ3v) is 5.72. The van der Waals surface area contributed by atoms with E-state index in [1.807, 2.05) is 43.0 Å². The molecule has 1 N–H and O–H groups in total. The number of ether oxygens (including phenoxy) is 2. The molecular weight excluding hydrogens is 399 g/mol. The van der Waals surface area contributed by atoms with Gasteiger partial charge in [-0.05, 0) is 43.4 Å². The van der Waals surface area contributed by atoms with Gasteiger partial charge in [0.1, 0.15) is 18.2 Å². The third kappa shape index (κ3) is 5.42. The van der Waals surface area contributed by atoms with Crippen molar-refractivity contribution >= 4 is 11.7 Å². The summed E-state index contributed by atoms with van der Waals surface area (Å²) >= 11 is 0. The van der Waals surface area contributed by atoms with Gasteiger partial charge in [0.05, 0.1) is 19.2 Å². The molecule has 2 atom stereocenters. The molecule has 2 heterocycles. The number of hydrogen-bond donors (Lipinski definition) is 1. The van der Waals surface area contributed by atoms with Crippen LogP contribution < -0.4 is 19.7 Å². The minimum absolute atomic E-state index is 0.0249. The van der Waals surface area contributed by atoms with Crippen molar-refractivity contribution < 1.29 is 18.7 Å². The van der Waals surface area contributed by atoms with Crippen LogP contribution in [0.5, 0.6) is 11.6 Å². The second-order valence-corrected chi connectivity index (χ2v) is 8.26. The zero-order chi connectivity index (χ0) is 21.8. The molecule has 1 aromatic heterocycles. The van der Waals surface area contributed by atoms with Gasteiger partial charge in [0, 0.05) is 19.4 Å². The predicted molar refractivity (Wildman–Crippen MR) is 115 cm³/mol. The highest BCUT2D eigenvalue weighted by Gasteiger charge is 2.29. The Morgan fingerprint density at radius 2 is 2.03 bits per heavy atom. The van der Waals surface area contributed by atoms with E-state index in [1.54, 1.807) is 0 Å². The first-order valence-corrected chi connectivity index (χ1v) is 11.0. The van der Waals surface area contributed by atoms with E-state index in [1.165, 1.54) is 6.33 Å². The standard InChI is InChI=1S/C23H29FN4O3/c1-3-20(29)27-15(2)17-6-8-18(9-7-17)31-19-10-11-28(12-19)22-21(24)23(26-14-25-22)30-13-16-4-5-16/h6-9,14-16,19H,3-5,10-13H2,1-2H3,(H,27,29)/t15-,19?/m0/s1. The average molecular weight is 429 g/mol. The van der Waals surface area contributed by atoms with Gasteiger partial charge in [-0.2, -0.15) is 9.37 Å². The van der Waals surface area contributed by atoms with Crippen LogP contribution in [0.2, 0.25) is 0 Å². The van der Waals surface area contributed by atoms with Crippen LogP contribution >= 0.6 is 0 Å². The lowest BCUT2D eigenvalue weighted by Crippen LogP contribution is -2.26. The largest absolute Gasteiger partial charge is 0.489 e. The van der Waals surface area contributed by atoms with Gasteiger partial charge in [-0.1, -0.05) is 19.1 Å². The van der Waals surface area contributed by atoms with Crippen LogP contribution in [0.25, 0.3) is 0 Å². The van der Waals surface area contributed by atoms with Gasteiger partial charge < -0.3 is 19.7 Å². The van der Waals surface area contributed by atoms with E-state index < -0.39 is 5.82 Å². The Bertz CT molecular complexity index is 904. The molecule has 2 aliphatic rings. The molecule has 0 radical (unpaired) electrons. The Morgan fingerprint density at radius 3 is 2.74 bits per heavy atom. The lowest BCUT2D eigenvalue weighted by atomic mass is 10.1. The van der Waals surface area contributed by atoms with Crippen molar-refractivity contribution in [3.8, 4) is 11.6 Å². The van der Waals surface area contributed by atoms with Gasteiger partial charge in [0.15, 0.2) is 5.82 Å². The van der Waals surface area contributed by atoms with Crippen molar-refractivity contribution in [2.75, 3.05) is 24.6 Å². The lowest BCUT2D eigenvalue weighted by Gasteiger charge is -2.19. The van der Waals surface area contributed by atoms with E-state index >= 15 is 0 Å². The first-order valence-electron chi connectivity index (χ1n) is 11.0. The molecule has 4 rings (SSSR count). The Labute approximate surface area is 182 Å². The van der Waals surface area contributed by atoms with Crippen molar-refractivity contribution in [3.63, 3.8) is 0 Å². The lowest BCUT2D eigenvalue weighted by molar-refractivity contribution is -0.121. The molecule has 1 unspecified atom stereocenters. The fourth-order valence-electron chi connectivity index (χ4n) is 3.62. The fourth-order valence-corrected chi connectivity index (χ4v) is 3.62. The number of anilines is 1. The topological polar surface area (TPSA) is 76.6 Å². The zero-order valence-corrected chi connectivity index (χ0v) is 18.0. The summed E-state index contributed by atoms with van der Waals surface area (Å²) < 4.78 is 26.5. The second-order valence-electron chi connectivity index (χ2n) is 8.26. The summed E-state index contributed by atoms with van der Waals surface area (Å²) in [5, 5.41) is 2.95. The molecule has 2 fully saturated rings. The average Bonchev–Trinajstić information content (AvgIpc) is 3.50. The summed E-state index contributed by atoms with van der Waals surface area (Å²) in [7, 11) is 0. The van der Waals surface area contributed by atoms with Crippen LogP contribution in [0.1, 0.15) is 51.1 Å². The van der Waals surface area contributed by atoms with Gasteiger partial charge >= 0.3 is 0 Å². The number of carbonyl (C=O) groups is 1. The number of nitrogens with zero attached hydrogens (tertiary/aromatic N) is 3. The van der Waals surface area contributed by atoms with E-state index in [2.05, 4.69) is 15.3 Å². The molecule has 8 heteroatoms. The van der Waals surface area contributed by atoms with Crippen LogP contribution in [0.3, 0.4) is 0 Å². The van der Waals surface area contributed by atoms with Crippen molar-refractivity contribution in [3.05, 3.63) is 42.0 Å². The minimum Gasteiger partial charge on any atom is -0.489 e. The normalized spacial score (nSPS) is 19.2. The van der Waals surface area contributed by atoms with Crippen LogP contribution in [-0.4, -0.2) is 41.7 Å². The summed E-state index contributed by atoms with van der Waals surface area (Å²) in [6.45, 7) is 5.49. The molecule has 166 valence electrons. The molecule has 0 bridgehead atoms. The number of nitrogens with one attached hydrogen (secondary N) is 1. The maximum Gasteiger partial charge on any atom is 0.255 e. The number of amides is 1. The maximum atomic E-state index is 14.8. The summed E-state index contributed by atoms with van der Waals surface area (Å²) in [5.41, 5.74) is 1.02. The van der Waals surface area contributed by atoms with Crippen molar-refractivity contribution in [1.29, 1.82) is 0 Å². The molecule has 31 heavy (non-hydrogen) atoms. The molecule has 7 nitrogen and oxygen atoms in total.